The second kappa shape index (κ2) is 8.25. The molecule has 0 unspecified atom stereocenters. The monoisotopic (exact) mass is 410 g/mol. The van der Waals surface area contributed by atoms with Crippen molar-refractivity contribution in [1.29, 1.82) is 0 Å². The predicted octanol–water partition coefficient (Wildman–Crippen LogP) is 8.01. The van der Waals surface area contributed by atoms with Crippen molar-refractivity contribution in [2.45, 2.75) is 99.3 Å². The molecule has 3 fully saturated rings. The van der Waals surface area contributed by atoms with Gasteiger partial charge in [0.2, 0.25) is 0 Å². The molecule has 0 heterocycles. The molecule has 0 aromatic rings. The van der Waals surface area contributed by atoms with Crippen molar-refractivity contribution in [1.82, 2.24) is 0 Å². The van der Waals surface area contributed by atoms with Gasteiger partial charge in [0.05, 0.1) is 0 Å². The summed E-state index contributed by atoms with van der Waals surface area (Å²) in [6.45, 7) is 14.6. The summed E-state index contributed by atoms with van der Waals surface area (Å²) in [7, 11) is 0. The average Bonchev–Trinajstić information content (AvgIpc) is 3.05. The van der Waals surface area contributed by atoms with E-state index in [-0.39, 0.29) is 5.41 Å². The minimum absolute atomic E-state index is 0.175. The molecule has 0 N–H and O–H groups in total. The summed E-state index contributed by atoms with van der Waals surface area (Å²) in [4.78, 5) is 13.2. The van der Waals surface area contributed by atoms with E-state index in [1.807, 2.05) is 0 Å². The Bertz CT molecular complexity index is 714. The van der Waals surface area contributed by atoms with Gasteiger partial charge in [0.1, 0.15) is 0 Å². The lowest BCUT2D eigenvalue weighted by Gasteiger charge is -2.58. The van der Waals surface area contributed by atoms with E-state index >= 15 is 0 Å². The maximum Gasteiger partial charge on any atom is 0.159 e. The normalized spacial score (nSPS) is 43.2. The van der Waals surface area contributed by atoms with Crippen LogP contribution in [0, 0.1) is 52.3 Å². The van der Waals surface area contributed by atoms with Gasteiger partial charge in [-0.2, -0.15) is 0 Å². The zero-order chi connectivity index (χ0) is 21.7. The molecule has 30 heavy (non-hydrogen) atoms. The number of Topliss-reactive ketones (excluding diaryl/α,β-unsaturated/α-hetero) is 1. The lowest BCUT2D eigenvalue weighted by molar-refractivity contribution is -0.129. The highest BCUT2D eigenvalue weighted by Gasteiger charge is 2.60. The number of allylic oxidation sites excluding steroid dienone is 4. The Hall–Kier alpha value is -0.850. The zero-order valence-electron chi connectivity index (χ0n) is 20.5. The van der Waals surface area contributed by atoms with E-state index in [9.17, 15) is 4.79 Å². The van der Waals surface area contributed by atoms with E-state index in [0.29, 0.717) is 29.0 Å². The smallest absolute Gasteiger partial charge is 0.159 e. The minimum Gasteiger partial charge on any atom is -0.295 e. The molecule has 0 radical (unpaired) electrons. The maximum atomic E-state index is 13.2. The summed E-state index contributed by atoms with van der Waals surface area (Å²) in [6, 6.07) is 0. The second-order valence-corrected chi connectivity index (χ2v) is 12.2. The van der Waals surface area contributed by atoms with Crippen LogP contribution >= 0.6 is 0 Å². The third-order valence-corrected chi connectivity index (χ3v) is 10.5. The van der Waals surface area contributed by atoms with Gasteiger partial charge in [-0.05, 0) is 109 Å². The highest BCUT2D eigenvalue weighted by atomic mass is 16.1. The van der Waals surface area contributed by atoms with Gasteiger partial charge >= 0.3 is 0 Å². The SMILES string of the molecule is CC[C@H](/C=C/[C@@H](C)[C@H]1CC[C@H]2[C@@H]3CC(=O)C4=CCCC[C@]4(C)[C@H]3CC[C@]12C)C(C)C. The predicted molar refractivity (Wildman–Crippen MR) is 127 cm³/mol. The first-order chi connectivity index (χ1) is 14.2. The summed E-state index contributed by atoms with van der Waals surface area (Å²) in [6.07, 6.45) is 18.6. The molecule has 1 nitrogen and oxygen atoms in total. The Morgan fingerprint density at radius 1 is 1.07 bits per heavy atom. The summed E-state index contributed by atoms with van der Waals surface area (Å²) < 4.78 is 0. The van der Waals surface area contributed by atoms with Gasteiger partial charge in [-0.15, -0.1) is 0 Å². The molecule has 0 aliphatic heterocycles. The molecule has 4 aliphatic rings. The number of rotatable bonds is 5. The van der Waals surface area contributed by atoms with Crippen LogP contribution in [0.25, 0.3) is 0 Å². The molecular weight excluding hydrogens is 364 g/mol. The molecule has 0 aromatic heterocycles. The first kappa shape index (κ1) is 22.3. The summed E-state index contributed by atoms with van der Waals surface area (Å²) in [5, 5.41) is 0. The van der Waals surface area contributed by atoms with Crippen molar-refractivity contribution in [2.24, 2.45) is 52.3 Å². The minimum atomic E-state index is 0.175. The second-order valence-electron chi connectivity index (χ2n) is 12.2. The summed E-state index contributed by atoms with van der Waals surface area (Å²) in [5.41, 5.74) is 1.83. The maximum absolute atomic E-state index is 13.2. The van der Waals surface area contributed by atoms with Gasteiger partial charge in [0.15, 0.2) is 5.78 Å². The number of carbonyl (C=O) groups is 1. The Labute approximate surface area is 186 Å². The Kier molecular flexibility index (Phi) is 6.15. The highest BCUT2D eigenvalue weighted by molar-refractivity contribution is 5.98. The highest BCUT2D eigenvalue weighted by Crippen LogP contribution is 2.67. The lowest BCUT2D eigenvalue weighted by Crippen LogP contribution is -2.52. The van der Waals surface area contributed by atoms with Crippen LogP contribution in [-0.4, -0.2) is 5.78 Å². The van der Waals surface area contributed by atoms with Crippen LogP contribution in [-0.2, 0) is 4.79 Å². The fourth-order valence-electron chi connectivity index (χ4n) is 8.77. The standard InChI is InChI=1S/C29H46O/c1-7-21(19(2)3)12-11-20(4)23-13-14-24-22-18-27(30)26-10-8-9-16-28(26,5)25(22)15-17-29(23,24)6/h10-12,19-25H,7-9,13-18H2,1-6H3/b12-11+/t20-,21-,22+,23-,24+,25+,28-,29-/m1/s1. The molecular formula is C29H46O. The molecule has 168 valence electrons. The van der Waals surface area contributed by atoms with Crippen molar-refractivity contribution < 1.29 is 4.79 Å². The Morgan fingerprint density at radius 3 is 2.53 bits per heavy atom. The van der Waals surface area contributed by atoms with E-state index in [1.165, 1.54) is 50.5 Å². The topological polar surface area (TPSA) is 17.1 Å². The molecule has 4 rings (SSSR count). The molecule has 4 aliphatic carbocycles. The van der Waals surface area contributed by atoms with Crippen molar-refractivity contribution in [3.8, 4) is 0 Å². The van der Waals surface area contributed by atoms with Crippen LogP contribution in [0.5, 0.6) is 0 Å². The third kappa shape index (κ3) is 3.47. The average molecular weight is 411 g/mol. The molecule has 1 heteroatoms. The van der Waals surface area contributed by atoms with Crippen LogP contribution in [0.1, 0.15) is 99.3 Å². The van der Waals surface area contributed by atoms with Crippen LogP contribution in [0.15, 0.2) is 23.8 Å². The number of fused-ring (bicyclic) bond motifs is 5. The number of hydrogen-bond acceptors (Lipinski definition) is 1. The molecule has 0 aromatic carbocycles. The van der Waals surface area contributed by atoms with Gasteiger partial charge in [-0.1, -0.05) is 59.8 Å². The fraction of sp³-hybridized carbons (Fsp3) is 0.828. The Balaban J connectivity index is 1.55. The van der Waals surface area contributed by atoms with Crippen molar-refractivity contribution in [3.05, 3.63) is 23.8 Å². The number of carbonyl (C=O) groups excluding carboxylic acids is 1. The molecule has 3 saturated carbocycles. The van der Waals surface area contributed by atoms with Crippen LogP contribution in [0.2, 0.25) is 0 Å². The molecule has 0 spiro atoms. The lowest BCUT2D eigenvalue weighted by atomic mass is 9.46. The van der Waals surface area contributed by atoms with Crippen LogP contribution in [0.4, 0.5) is 0 Å². The van der Waals surface area contributed by atoms with Gasteiger partial charge in [-0.3, -0.25) is 4.79 Å². The van der Waals surface area contributed by atoms with Crippen molar-refractivity contribution in [3.63, 3.8) is 0 Å². The number of ketones is 1. The fourth-order valence-corrected chi connectivity index (χ4v) is 8.77. The molecule has 0 amide bonds. The first-order valence-corrected chi connectivity index (χ1v) is 13.1. The van der Waals surface area contributed by atoms with E-state index < -0.39 is 0 Å². The third-order valence-electron chi connectivity index (χ3n) is 10.5. The Morgan fingerprint density at radius 2 is 1.83 bits per heavy atom. The van der Waals surface area contributed by atoms with Gasteiger partial charge in [0, 0.05) is 6.42 Å². The van der Waals surface area contributed by atoms with E-state index in [2.05, 4.69) is 59.8 Å². The largest absolute Gasteiger partial charge is 0.295 e. The van der Waals surface area contributed by atoms with E-state index in [1.54, 1.807) is 0 Å². The molecule has 0 saturated heterocycles. The molecule has 8 atom stereocenters. The van der Waals surface area contributed by atoms with Crippen LogP contribution < -0.4 is 0 Å². The van der Waals surface area contributed by atoms with Crippen molar-refractivity contribution >= 4 is 5.78 Å². The van der Waals surface area contributed by atoms with Crippen LogP contribution in [0.3, 0.4) is 0 Å². The molecule has 0 bridgehead atoms. The van der Waals surface area contributed by atoms with E-state index in [0.717, 1.165) is 36.5 Å². The first-order valence-electron chi connectivity index (χ1n) is 13.1. The van der Waals surface area contributed by atoms with Gasteiger partial charge in [0.25, 0.3) is 0 Å². The van der Waals surface area contributed by atoms with E-state index in [4.69, 9.17) is 0 Å². The van der Waals surface area contributed by atoms with Crippen molar-refractivity contribution in [2.75, 3.05) is 0 Å². The van der Waals surface area contributed by atoms with Gasteiger partial charge in [-0.25, -0.2) is 0 Å². The number of hydrogen-bond donors (Lipinski definition) is 0. The zero-order valence-corrected chi connectivity index (χ0v) is 20.5. The van der Waals surface area contributed by atoms with Gasteiger partial charge < -0.3 is 0 Å². The summed E-state index contributed by atoms with van der Waals surface area (Å²) in [5.74, 6) is 5.52. The summed E-state index contributed by atoms with van der Waals surface area (Å²) >= 11 is 0. The quantitative estimate of drug-likeness (QED) is 0.419.